The Labute approximate surface area is 108 Å². The van der Waals surface area contributed by atoms with Crippen molar-refractivity contribution in [2.75, 3.05) is 18.1 Å². The SMILES string of the molecule is O=C(CNC1CCSC1)NC1CCCCCC1. The van der Waals surface area contributed by atoms with Crippen LogP contribution < -0.4 is 10.6 Å². The van der Waals surface area contributed by atoms with E-state index in [2.05, 4.69) is 10.6 Å². The number of hydrogen-bond donors (Lipinski definition) is 2. The molecule has 1 aliphatic carbocycles. The molecule has 2 N–H and O–H groups in total. The molecular formula is C13H24N2OS. The highest BCUT2D eigenvalue weighted by atomic mass is 32.2. The van der Waals surface area contributed by atoms with Crippen molar-refractivity contribution >= 4 is 17.7 Å². The molecule has 0 spiro atoms. The monoisotopic (exact) mass is 256 g/mol. The zero-order valence-electron chi connectivity index (χ0n) is 10.5. The second-order valence-corrected chi connectivity index (χ2v) is 6.35. The van der Waals surface area contributed by atoms with Crippen molar-refractivity contribution in [1.82, 2.24) is 10.6 Å². The van der Waals surface area contributed by atoms with Gasteiger partial charge in [0, 0.05) is 17.8 Å². The van der Waals surface area contributed by atoms with E-state index in [9.17, 15) is 4.79 Å². The third-order valence-corrected chi connectivity index (χ3v) is 4.86. The maximum atomic E-state index is 11.8. The van der Waals surface area contributed by atoms with E-state index in [0.29, 0.717) is 18.6 Å². The maximum Gasteiger partial charge on any atom is 0.234 e. The normalized spacial score (nSPS) is 26.7. The van der Waals surface area contributed by atoms with Crippen LogP contribution in [0.25, 0.3) is 0 Å². The van der Waals surface area contributed by atoms with Crippen molar-refractivity contribution in [2.24, 2.45) is 0 Å². The van der Waals surface area contributed by atoms with Gasteiger partial charge in [-0.2, -0.15) is 11.8 Å². The third-order valence-electron chi connectivity index (χ3n) is 3.70. The molecule has 3 nitrogen and oxygen atoms in total. The number of thioether (sulfide) groups is 1. The fourth-order valence-corrected chi connectivity index (χ4v) is 3.82. The van der Waals surface area contributed by atoms with Crippen LogP contribution >= 0.6 is 11.8 Å². The minimum Gasteiger partial charge on any atom is -0.352 e. The van der Waals surface area contributed by atoms with E-state index in [1.165, 1.54) is 50.7 Å². The van der Waals surface area contributed by atoms with Gasteiger partial charge >= 0.3 is 0 Å². The Morgan fingerprint density at radius 1 is 1.06 bits per heavy atom. The topological polar surface area (TPSA) is 41.1 Å². The number of amides is 1. The molecule has 0 aromatic heterocycles. The summed E-state index contributed by atoms with van der Waals surface area (Å²) in [5.41, 5.74) is 0. The van der Waals surface area contributed by atoms with E-state index in [-0.39, 0.29) is 5.91 Å². The van der Waals surface area contributed by atoms with E-state index in [4.69, 9.17) is 0 Å². The van der Waals surface area contributed by atoms with Gasteiger partial charge in [-0.15, -0.1) is 0 Å². The van der Waals surface area contributed by atoms with Gasteiger partial charge in [0.2, 0.25) is 5.91 Å². The van der Waals surface area contributed by atoms with Crippen LogP contribution in [0, 0.1) is 0 Å². The first kappa shape index (κ1) is 13.2. The zero-order valence-corrected chi connectivity index (χ0v) is 11.4. The summed E-state index contributed by atoms with van der Waals surface area (Å²) in [4.78, 5) is 11.8. The number of rotatable bonds is 4. The average Bonchev–Trinajstić information content (AvgIpc) is 2.72. The van der Waals surface area contributed by atoms with Crippen LogP contribution in [0.4, 0.5) is 0 Å². The van der Waals surface area contributed by atoms with Crippen molar-refractivity contribution in [1.29, 1.82) is 0 Å². The van der Waals surface area contributed by atoms with Crippen molar-refractivity contribution in [3.63, 3.8) is 0 Å². The molecule has 2 fully saturated rings. The van der Waals surface area contributed by atoms with Gasteiger partial charge in [-0.1, -0.05) is 25.7 Å². The molecule has 1 heterocycles. The summed E-state index contributed by atoms with van der Waals surface area (Å²) in [6.07, 6.45) is 8.78. The molecule has 1 unspecified atom stereocenters. The molecule has 2 aliphatic rings. The molecule has 2 rings (SSSR count). The van der Waals surface area contributed by atoms with Crippen LogP contribution in [0.15, 0.2) is 0 Å². The second kappa shape index (κ2) is 7.27. The molecule has 1 atom stereocenters. The number of carbonyl (C=O) groups is 1. The molecule has 1 amide bonds. The van der Waals surface area contributed by atoms with Crippen molar-refractivity contribution in [2.45, 2.75) is 57.0 Å². The molecule has 0 aromatic carbocycles. The van der Waals surface area contributed by atoms with Crippen molar-refractivity contribution in [3.8, 4) is 0 Å². The molecule has 1 saturated heterocycles. The lowest BCUT2D eigenvalue weighted by molar-refractivity contribution is -0.121. The molecule has 0 bridgehead atoms. The molecule has 0 radical (unpaired) electrons. The lowest BCUT2D eigenvalue weighted by Crippen LogP contribution is -2.43. The van der Waals surface area contributed by atoms with Gasteiger partial charge in [0.25, 0.3) is 0 Å². The molecule has 0 aromatic rings. The zero-order chi connectivity index (χ0) is 11.9. The minimum atomic E-state index is 0.189. The minimum absolute atomic E-state index is 0.189. The average molecular weight is 256 g/mol. The predicted molar refractivity (Wildman–Crippen MR) is 73.4 cm³/mol. The van der Waals surface area contributed by atoms with Gasteiger partial charge in [0.15, 0.2) is 0 Å². The third kappa shape index (κ3) is 4.88. The Hall–Kier alpha value is -0.220. The van der Waals surface area contributed by atoms with Gasteiger partial charge in [-0.25, -0.2) is 0 Å². The van der Waals surface area contributed by atoms with Crippen LogP contribution in [-0.2, 0) is 4.79 Å². The fourth-order valence-electron chi connectivity index (χ4n) is 2.63. The van der Waals surface area contributed by atoms with Crippen LogP contribution in [-0.4, -0.2) is 36.0 Å². The van der Waals surface area contributed by atoms with E-state index in [1.54, 1.807) is 0 Å². The summed E-state index contributed by atoms with van der Waals surface area (Å²) in [6, 6.07) is 0.990. The smallest absolute Gasteiger partial charge is 0.234 e. The summed E-state index contributed by atoms with van der Waals surface area (Å²) in [5.74, 6) is 2.59. The predicted octanol–water partition coefficient (Wildman–Crippen LogP) is 1.92. The van der Waals surface area contributed by atoms with E-state index in [0.717, 1.165) is 5.75 Å². The molecule has 17 heavy (non-hydrogen) atoms. The number of hydrogen-bond acceptors (Lipinski definition) is 3. The first-order valence-electron chi connectivity index (χ1n) is 6.95. The molecule has 4 heteroatoms. The van der Waals surface area contributed by atoms with Crippen molar-refractivity contribution < 1.29 is 4.79 Å². The van der Waals surface area contributed by atoms with E-state index >= 15 is 0 Å². The first-order chi connectivity index (χ1) is 8.34. The van der Waals surface area contributed by atoms with Crippen LogP contribution in [0.3, 0.4) is 0 Å². The standard InChI is InChI=1S/C13H24N2OS/c16-13(9-14-12-7-8-17-10-12)15-11-5-3-1-2-4-6-11/h11-12,14H,1-10H2,(H,15,16). The van der Waals surface area contributed by atoms with Crippen molar-refractivity contribution in [3.05, 3.63) is 0 Å². The lowest BCUT2D eigenvalue weighted by atomic mass is 10.1. The number of carbonyl (C=O) groups excluding carboxylic acids is 1. The highest BCUT2D eigenvalue weighted by molar-refractivity contribution is 7.99. The summed E-state index contributed by atoms with van der Waals surface area (Å²) >= 11 is 1.98. The molecule has 98 valence electrons. The largest absolute Gasteiger partial charge is 0.352 e. The fraction of sp³-hybridized carbons (Fsp3) is 0.923. The van der Waals surface area contributed by atoms with Crippen LogP contribution in [0.2, 0.25) is 0 Å². The van der Waals surface area contributed by atoms with Crippen LogP contribution in [0.5, 0.6) is 0 Å². The highest BCUT2D eigenvalue weighted by Crippen LogP contribution is 2.18. The van der Waals surface area contributed by atoms with Gasteiger partial charge < -0.3 is 10.6 Å². The Balaban J connectivity index is 1.61. The Kier molecular flexibility index (Phi) is 5.65. The number of nitrogens with one attached hydrogen (secondary N) is 2. The molecule has 1 aliphatic heterocycles. The summed E-state index contributed by atoms with van der Waals surface area (Å²) in [7, 11) is 0. The quantitative estimate of drug-likeness (QED) is 0.755. The van der Waals surface area contributed by atoms with Crippen LogP contribution in [0.1, 0.15) is 44.9 Å². The second-order valence-electron chi connectivity index (χ2n) is 5.20. The highest BCUT2D eigenvalue weighted by Gasteiger charge is 2.18. The maximum absolute atomic E-state index is 11.8. The Morgan fingerprint density at radius 2 is 1.82 bits per heavy atom. The lowest BCUT2D eigenvalue weighted by Gasteiger charge is -2.17. The van der Waals surface area contributed by atoms with Gasteiger partial charge in [0.05, 0.1) is 6.54 Å². The Morgan fingerprint density at radius 3 is 2.47 bits per heavy atom. The summed E-state index contributed by atoms with van der Waals surface area (Å²) in [6.45, 7) is 0.502. The Bertz CT molecular complexity index is 234. The first-order valence-corrected chi connectivity index (χ1v) is 8.10. The van der Waals surface area contributed by atoms with Gasteiger partial charge in [-0.3, -0.25) is 4.79 Å². The molecule has 1 saturated carbocycles. The van der Waals surface area contributed by atoms with Gasteiger partial charge in [-0.05, 0) is 25.0 Å². The van der Waals surface area contributed by atoms with Gasteiger partial charge in [0.1, 0.15) is 0 Å². The molecular weight excluding hydrogens is 232 g/mol. The summed E-state index contributed by atoms with van der Waals surface area (Å²) in [5, 5.41) is 6.53. The van der Waals surface area contributed by atoms with E-state index in [1.807, 2.05) is 11.8 Å². The van der Waals surface area contributed by atoms with E-state index < -0.39 is 0 Å². The summed E-state index contributed by atoms with van der Waals surface area (Å²) < 4.78 is 0.